The molecule has 0 spiro atoms. The van der Waals surface area contributed by atoms with Crippen LogP contribution in [0.15, 0.2) is 54.6 Å². The molecule has 4 nitrogen and oxygen atoms in total. The molecule has 2 rings (SSSR count). The van der Waals surface area contributed by atoms with Crippen molar-refractivity contribution in [3.05, 3.63) is 65.7 Å². The Hall–Kier alpha value is -2.49. The summed E-state index contributed by atoms with van der Waals surface area (Å²) < 4.78 is 10.6. The monoisotopic (exact) mass is 327 g/mol. The molecule has 0 saturated carbocycles. The Morgan fingerprint density at radius 2 is 1.62 bits per heavy atom. The van der Waals surface area contributed by atoms with Gasteiger partial charge in [0.05, 0.1) is 12.6 Å². The second kappa shape index (κ2) is 8.39. The minimum atomic E-state index is -0.444. The fourth-order valence-corrected chi connectivity index (χ4v) is 2.77. The summed E-state index contributed by atoms with van der Waals surface area (Å²) in [6.45, 7) is 4.38. The van der Waals surface area contributed by atoms with Crippen LogP contribution in [0.5, 0.6) is 5.75 Å². The van der Waals surface area contributed by atoms with Gasteiger partial charge in [-0.15, -0.1) is 0 Å². The first-order valence-electron chi connectivity index (χ1n) is 8.27. The predicted octanol–water partition coefficient (Wildman–Crippen LogP) is 4.64. The van der Waals surface area contributed by atoms with Crippen LogP contribution in [0.2, 0.25) is 0 Å². The normalized spacial score (nSPS) is 11.0. The van der Waals surface area contributed by atoms with Crippen molar-refractivity contribution in [2.24, 2.45) is 0 Å². The van der Waals surface area contributed by atoms with Crippen LogP contribution < -0.4 is 10.1 Å². The largest absolute Gasteiger partial charge is 0.497 e. The van der Waals surface area contributed by atoms with Crippen LogP contribution in [0.1, 0.15) is 37.8 Å². The van der Waals surface area contributed by atoms with Crippen LogP contribution in [0.4, 0.5) is 4.79 Å². The number of methoxy groups -OCH3 is 1. The van der Waals surface area contributed by atoms with Gasteiger partial charge in [-0.2, -0.15) is 0 Å². The van der Waals surface area contributed by atoms with E-state index in [0.717, 1.165) is 29.7 Å². The van der Waals surface area contributed by atoms with E-state index in [9.17, 15) is 4.79 Å². The van der Waals surface area contributed by atoms with Crippen molar-refractivity contribution in [3.63, 3.8) is 0 Å². The number of ether oxygens (including phenoxy) is 2. The highest BCUT2D eigenvalue weighted by Crippen LogP contribution is 2.30. The maximum atomic E-state index is 12.3. The number of alkyl carbamates (subject to hydrolysis) is 1. The summed E-state index contributed by atoms with van der Waals surface area (Å²) in [5.41, 5.74) is 1.57. The van der Waals surface area contributed by atoms with Gasteiger partial charge in [0.1, 0.15) is 12.4 Å². The second-order valence-electron chi connectivity index (χ2n) is 5.70. The summed E-state index contributed by atoms with van der Waals surface area (Å²) in [6.07, 6.45) is 1.14. The van der Waals surface area contributed by atoms with Crippen molar-refractivity contribution in [2.75, 3.05) is 7.11 Å². The zero-order valence-electron chi connectivity index (χ0n) is 14.5. The third-order valence-corrected chi connectivity index (χ3v) is 4.40. The topological polar surface area (TPSA) is 47.6 Å². The number of rotatable bonds is 7. The molecule has 1 N–H and O–H groups in total. The van der Waals surface area contributed by atoms with Crippen LogP contribution >= 0.6 is 0 Å². The molecule has 2 aromatic rings. The molecule has 0 aromatic heterocycles. The molecule has 0 fully saturated rings. The number of carbonyl (C=O) groups excluding carboxylic acids is 1. The minimum Gasteiger partial charge on any atom is -0.497 e. The minimum absolute atomic E-state index is 0.263. The SMILES string of the molecule is CCC(CC)(NC(=O)OCc1ccccc1)c1ccc(OC)cc1. The van der Waals surface area contributed by atoms with Crippen molar-refractivity contribution in [1.82, 2.24) is 5.32 Å². The van der Waals surface area contributed by atoms with Crippen molar-refractivity contribution in [3.8, 4) is 5.75 Å². The Kier molecular flexibility index (Phi) is 6.24. The average molecular weight is 327 g/mol. The highest BCUT2D eigenvalue weighted by Gasteiger charge is 2.31. The summed E-state index contributed by atoms with van der Waals surface area (Å²) >= 11 is 0. The molecule has 0 atom stereocenters. The van der Waals surface area contributed by atoms with Crippen molar-refractivity contribution < 1.29 is 14.3 Å². The molecule has 4 heteroatoms. The van der Waals surface area contributed by atoms with Gasteiger partial charge in [-0.25, -0.2) is 4.79 Å². The Morgan fingerprint density at radius 1 is 1.00 bits per heavy atom. The highest BCUT2D eigenvalue weighted by molar-refractivity contribution is 5.68. The van der Waals surface area contributed by atoms with Gasteiger partial charge >= 0.3 is 6.09 Å². The van der Waals surface area contributed by atoms with Gasteiger partial charge in [-0.05, 0) is 36.1 Å². The molecule has 1 amide bonds. The summed E-state index contributed by atoms with van der Waals surface area (Å²) in [7, 11) is 1.64. The first-order chi connectivity index (χ1) is 11.6. The average Bonchev–Trinajstić information content (AvgIpc) is 2.65. The molecule has 0 aliphatic rings. The van der Waals surface area contributed by atoms with Crippen LogP contribution in [-0.2, 0) is 16.9 Å². The first-order valence-corrected chi connectivity index (χ1v) is 8.27. The maximum Gasteiger partial charge on any atom is 0.408 e. The van der Waals surface area contributed by atoms with Crippen molar-refractivity contribution >= 4 is 6.09 Å². The molecule has 0 bridgehead atoms. The second-order valence-corrected chi connectivity index (χ2v) is 5.70. The van der Waals surface area contributed by atoms with Gasteiger partial charge in [0, 0.05) is 0 Å². The fourth-order valence-electron chi connectivity index (χ4n) is 2.77. The fraction of sp³-hybridized carbons (Fsp3) is 0.350. The molecule has 0 radical (unpaired) electrons. The van der Waals surface area contributed by atoms with Gasteiger partial charge in [-0.3, -0.25) is 0 Å². The molecular weight excluding hydrogens is 302 g/mol. The number of hydrogen-bond acceptors (Lipinski definition) is 3. The number of carbonyl (C=O) groups is 1. The molecule has 24 heavy (non-hydrogen) atoms. The van der Waals surface area contributed by atoms with Gasteiger partial charge in [-0.1, -0.05) is 56.3 Å². The van der Waals surface area contributed by atoms with Gasteiger partial charge < -0.3 is 14.8 Å². The lowest BCUT2D eigenvalue weighted by Gasteiger charge is -2.33. The van der Waals surface area contributed by atoms with E-state index in [1.807, 2.05) is 54.6 Å². The summed E-state index contributed by atoms with van der Waals surface area (Å²) in [4.78, 5) is 12.3. The molecule has 0 aliphatic heterocycles. The van der Waals surface area contributed by atoms with E-state index in [2.05, 4.69) is 19.2 Å². The molecule has 0 aliphatic carbocycles. The number of amides is 1. The van der Waals surface area contributed by atoms with Crippen molar-refractivity contribution in [1.29, 1.82) is 0 Å². The van der Waals surface area contributed by atoms with E-state index in [1.165, 1.54) is 0 Å². The van der Waals surface area contributed by atoms with E-state index in [0.29, 0.717) is 0 Å². The number of benzene rings is 2. The summed E-state index contributed by atoms with van der Waals surface area (Å²) in [6, 6.07) is 17.5. The highest BCUT2D eigenvalue weighted by atomic mass is 16.5. The van der Waals surface area contributed by atoms with E-state index < -0.39 is 11.6 Å². The molecule has 128 valence electrons. The maximum absolute atomic E-state index is 12.3. The van der Waals surface area contributed by atoms with Gasteiger partial charge in [0.2, 0.25) is 0 Å². The third kappa shape index (κ3) is 4.28. The van der Waals surface area contributed by atoms with Gasteiger partial charge in [0.15, 0.2) is 0 Å². The van der Waals surface area contributed by atoms with E-state index >= 15 is 0 Å². The predicted molar refractivity (Wildman–Crippen MR) is 95.0 cm³/mol. The molecule has 2 aromatic carbocycles. The van der Waals surface area contributed by atoms with Crippen LogP contribution in [0.25, 0.3) is 0 Å². The van der Waals surface area contributed by atoms with Crippen LogP contribution in [0, 0.1) is 0 Å². The van der Waals surface area contributed by atoms with E-state index in [4.69, 9.17) is 9.47 Å². The Morgan fingerprint density at radius 3 is 2.17 bits per heavy atom. The lowest BCUT2D eigenvalue weighted by Crippen LogP contribution is -2.45. The molecule has 0 unspecified atom stereocenters. The molecular formula is C20H25NO3. The third-order valence-electron chi connectivity index (χ3n) is 4.40. The molecule has 0 saturated heterocycles. The van der Waals surface area contributed by atoms with Gasteiger partial charge in [0.25, 0.3) is 0 Å². The Labute approximate surface area is 143 Å². The van der Waals surface area contributed by atoms with E-state index in [1.54, 1.807) is 7.11 Å². The zero-order chi connectivity index (χ0) is 17.4. The zero-order valence-corrected chi connectivity index (χ0v) is 14.5. The number of hydrogen-bond donors (Lipinski definition) is 1. The number of nitrogens with one attached hydrogen (secondary N) is 1. The first kappa shape index (κ1) is 17.9. The van der Waals surface area contributed by atoms with E-state index in [-0.39, 0.29) is 6.61 Å². The van der Waals surface area contributed by atoms with Crippen molar-refractivity contribution in [2.45, 2.75) is 38.8 Å². The standard InChI is InChI=1S/C20H25NO3/c1-4-20(5-2,17-11-13-18(23-3)14-12-17)21-19(22)24-15-16-9-7-6-8-10-16/h6-14H,4-5,15H2,1-3H3,(H,21,22). The summed E-state index contributed by atoms with van der Waals surface area (Å²) in [5.74, 6) is 0.798. The van der Waals surface area contributed by atoms with Crippen LogP contribution in [0.3, 0.4) is 0 Å². The lowest BCUT2D eigenvalue weighted by molar-refractivity contribution is 0.123. The Bertz CT molecular complexity index is 634. The quantitative estimate of drug-likeness (QED) is 0.806. The molecule has 0 heterocycles. The Balaban J connectivity index is 2.07. The van der Waals surface area contributed by atoms with Crippen LogP contribution in [-0.4, -0.2) is 13.2 Å². The lowest BCUT2D eigenvalue weighted by atomic mass is 9.85. The summed E-state index contributed by atoms with van der Waals surface area (Å²) in [5, 5.41) is 3.05. The smallest absolute Gasteiger partial charge is 0.408 e.